The molecule has 2 heterocycles. The molecule has 2 aromatic rings. The van der Waals surface area contributed by atoms with Crippen LogP contribution in [0.1, 0.15) is 55.6 Å². The monoisotopic (exact) mass is 443 g/mol. The van der Waals surface area contributed by atoms with E-state index in [2.05, 4.69) is 13.8 Å². The fraction of sp³-hybridized carbons (Fsp3) is 0.520. The van der Waals surface area contributed by atoms with E-state index in [0.717, 1.165) is 36.1 Å². The third-order valence-corrected chi connectivity index (χ3v) is 5.80. The lowest BCUT2D eigenvalue weighted by Gasteiger charge is -2.34. The highest BCUT2D eigenvalue weighted by atomic mass is 16.5. The summed E-state index contributed by atoms with van der Waals surface area (Å²) in [6, 6.07) is 5.57. The van der Waals surface area contributed by atoms with Crippen LogP contribution in [0.5, 0.6) is 11.5 Å². The van der Waals surface area contributed by atoms with Crippen molar-refractivity contribution in [1.82, 2.24) is 4.57 Å². The highest BCUT2D eigenvalue weighted by Gasteiger charge is 2.29. The Bertz CT molecular complexity index is 1010. The standard InChI is InChI=1S/C25H33NO6/c1-6-31-25(28)19-15-26-20(16(2)3)11-17-12-24(32-10-8-7-9-29-4)23(30-5)13-18(17)21(26)14-22(19)27/h12-16,20H,6-11H2,1-5H3. The molecule has 1 atom stereocenters. The molecule has 7 nitrogen and oxygen atoms in total. The lowest BCUT2D eigenvalue weighted by atomic mass is 9.87. The molecular weight excluding hydrogens is 410 g/mol. The first-order valence-corrected chi connectivity index (χ1v) is 11.2. The van der Waals surface area contributed by atoms with Crippen molar-refractivity contribution in [2.45, 2.75) is 46.1 Å². The Balaban J connectivity index is 2.03. The summed E-state index contributed by atoms with van der Waals surface area (Å²) in [7, 11) is 3.30. The van der Waals surface area contributed by atoms with Crippen molar-refractivity contribution in [1.29, 1.82) is 0 Å². The minimum absolute atomic E-state index is 0.0627. The van der Waals surface area contributed by atoms with Crippen molar-refractivity contribution in [2.24, 2.45) is 5.92 Å². The zero-order chi connectivity index (χ0) is 23.3. The molecule has 1 aliphatic heterocycles. The van der Waals surface area contributed by atoms with Crippen molar-refractivity contribution >= 4 is 5.97 Å². The van der Waals surface area contributed by atoms with Crippen LogP contribution in [-0.4, -0.2) is 44.6 Å². The van der Waals surface area contributed by atoms with Crippen LogP contribution in [0.25, 0.3) is 11.3 Å². The fourth-order valence-electron chi connectivity index (χ4n) is 4.09. The van der Waals surface area contributed by atoms with Crippen LogP contribution in [0, 0.1) is 5.92 Å². The van der Waals surface area contributed by atoms with Crippen molar-refractivity contribution in [3.63, 3.8) is 0 Å². The summed E-state index contributed by atoms with van der Waals surface area (Å²) in [5, 5.41) is 0. The summed E-state index contributed by atoms with van der Waals surface area (Å²) in [6.07, 6.45) is 4.22. The number of nitrogens with zero attached hydrogens (tertiary/aromatic N) is 1. The van der Waals surface area contributed by atoms with Crippen LogP contribution in [0.15, 0.2) is 29.2 Å². The first-order valence-electron chi connectivity index (χ1n) is 11.2. The van der Waals surface area contributed by atoms with Gasteiger partial charge in [-0.1, -0.05) is 13.8 Å². The summed E-state index contributed by atoms with van der Waals surface area (Å²) in [4.78, 5) is 25.1. The predicted octanol–water partition coefficient (Wildman–Crippen LogP) is 4.26. The van der Waals surface area contributed by atoms with Crippen LogP contribution in [0.3, 0.4) is 0 Å². The Morgan fingerprint density at radius 1 is 1.12 bits per heavy atom. The maximum Gasteiger partial charge on any atom is 0.343 e. The van der Waals surface area contributed by atoms with Gasteiger partial charge in [-0.25, -0.2) is 4.79 Å². The molecular formula is C25H33NO6. The number of hydrogen-bond donors (Lipinski definition) is 0. The number of pyridine rings is 1. The van der Waals surface area contributed by atoms with Gasteiger partial charge in [0.25, 0.3) is 0 Å². The predicted molar refractivity (Wildman–Crippen MR) is 123 cm³/mol. The van der Waals surface area contributed by atoms with E-state index in [0.29, 0.717) is 30.6 Å². The van der Waals surface area contributed by atoms with Gasteiger partial charge in [0.05, 0.1) is 26.0 Å². The van der Waals surface area contributed by atoms with Crippen LogP contribution < -0.4 is 14.9 Å². The summed E-state index contributed by atoms with van der Waals surface area (Å²) in [6.45, 7) is 7.51. The maximum atomic E-state index is 12.8. The van der Waals surface area contributed by atoms with Gasteiger partial charge in [-0.3, -0.25) is 4.79 Å². The molecule has 1 unspecified atom stereocenters. The van der Waals surface area contributed by atoms with Gasteiger partial charge in [-0.2, -0.15) is 0 Å². The maximum absolute atomic E-state index is 12.8. The van der Waals surface area contributed by atoms with E-state index in [-0.39, 0.29) is 23.6 Å². The Morgan fingerprint density at radius 2 is 1.88 bits per heavy atom. The molecule has 3 rings (SSSR count). The van der Waals surface area contributed by atoms with E-state index in [1.54, 1.807) is 27.3 Å². The number of esters is 1. The number of methoxy groups -OCH3 is 2. The smallest absolute Gasteiger partial charge is 0.343 e. The van der Waals surface area contributed by atoms with Crippen molar-refractivity contribution in [2.75, 3.05) is 34.0 Å². The van der Waals surface area contributed by atoms with Gasteiger partial charge in [0.2, 0.25) is 0 Å². The Kier molecular flexibility index (Phi) is 7.96. The number of aromatic nitrogens is 1. The van der Waals surface area contributed by atoms with Gasteiger partial charge in [0.1, 0.15) is 5.56 Å². The zero-order valence-electron chi connectivity index (χ0n) is 19.6. The van der Waals surface area contributed by atoms with Crippen LogP contribution >= 0.6 is 0 Å². The number of unbranched alkanes of at least 4 members (excludes halogenated alkanes) is 1. The van der Waals surface area contributed by atoms with Gasteiger partial charge in [0.15, 0.2) is 16.9 Å². The van der Waals surface area contributed by atoms with Gasteiger partial charge >= 0.3 is 5.97 Å². The Morgan fingerprint density at radius 3 is 2.53 bits per heavy atom. The van der Waals surface area contributed by atoms with E-state index >= 15 is 0 Å². The fourth-order valence-corrected chi connectivity index (χ4v) is 4.09. The van der Waals surface area contributed by atoms with E-state index in [4.69, 9.17) is 18.9 Å². The van der Waals surface area contributed by atoms with E-state index in [1.807, 2.05) is 16.7 Å². The summed E-state index contributed by atoms with van der Waals surface area (Å²) in [5.74, 6) is 1.02. The van der Waals surface area contributed by atoms with Gasteiger partial charge in [-0.05, 0) is 49.8 Å². The third kappa shape index (κ3) is 4.99. The molecule has 7 heteroatoms. The molecule has 0 amide bonds. The molecule has 174 valence electrons. The number of carbonyl (C=O) groups is 1. The van der Waals surface area contributed by atoms with Crippen LogP contribution in [-0.2, 0) is 15.9 Å². The Hall–Kier alpha value is -2.80. The minimum Gasteiger partial charge on any atom is -0.493 e. The molecule has 0 saturated carbocycles. The number of hydrogen-bond acceptors (Lipinski definition) is 6. The summed E-state index contributed by atoms with van der Waals surface area (Å²) >= 11 is 0. The molecule has 0 spiro atoms. The second-order valence-corrected chi connectivity index (χ2v) is 8.29. The SMILES string of the molecule is CCOC(=O)c1cn2c(cc1=O)-c1cc(OC)c(OCCCCOC)cc1CC2C(C)C. The zero-order valence-corrected chi connectivity index (χ0v) is 19.6. The van der Waals surface area contributed by atoms with E-state index < -0.39 is 5.97 Å². The van der Waals surface area contributed by atoms with Crippen molar-refractivity contribution in [3.8, 4) is 22.8 Å². The lowest BCUT2D eigenvalue weighted by Crippen LogP contribution is -2.28. The molecule has 0 bridgehead atoms. The molecule has 1 aromatic heterocycles. The van der Waals surface area contributed by atoms with Gasteiger partial charge in [0, 0.05) is 37.6 Å². The quantitative estimate of drug-likeness (QED) is 0.403. The molecule has 0 radical (unpaired) electrons. The van der Waals surface area contributed by atoms with Gasteiger partial charge in [-0.15, -0.1) is 0 Å². The normalized spacial score (nSPS) is 14.6. The van der Waals surface area contributed by atoms with E-state index in [9.17, 15) is 9.59 Å². The Labute approximate surface area is 189 Å². The molecule has 32 heavy (non-hydrogen) atoms. The van der Waals surface area contributed by atoms with Crippen LogP contribution in [0.4, 0.5) is 0 Å². The highest BCUT2D eigenvalue weighted by molar-refractivity contribution is 5.89. The molecule has 0 saturated heterocycles. The van der Waals surface area contributed by atoms with Crippen LogP contribution in [0.2, 0.25) is 0 Å². The summed E-state index contributed by atoms with van der Waals surface area (Å²) < 4.78 is 23.8. The number of rotatable bonds is 10. The summed E-state index contributed by atoms with van der Waals surface area (Å²) in [5.41, 5.74) is 2.50. The minimum atomic E-state index is -0.587. The average molecular weight is 444 g/mol. The number of fused-ring (bicyclic) bond motifs is 3. The largest absolute Gasteiger partial charge is 0.493 e. The number of benzene rings is 1. The molecule has 1 aliphatic rings. The van der Waals surface area contributed by atoms with Crippen molar-refractivity contribution in [3.05, 3.63) is 45.7 Å². The molecule has 0 fully saturated rings. The third-order valence-electron chi connectivity index (χ3n) is 5.80. The van der Waals surface area contributed by atoms with E-state index in [1.165, 1.54) is 6.07 Å². The average Bonchev–Trinajstić information content (AvgIpc) is 2.77. The highest BCUT2D eigenvalue weighted by Crippen LogP contribution is 2.42. The number of ether oxygens (including phenoxy) is 4. The first kappa shape index (κ1) is 23.9. The second-order valence-electron chi connectivity index (χ2n) is 8.29. The topological polar surface area (TPSA) is 76.0 Å². The number of carbonyl (C=O) groups excluding carboxylic acids is 1. The molecule has 0 aliphatic carbocycles. The lowest BCUT2D eigenvalue weighted by molar-refractivity contribution is 0.0523. The second kappa shape index (κ2) is 10.7. The first-order chi connectivity index (χ1) is 15.4. The van der Waals surface area contributed by atoms with Crippen molar-refractivity contribution < 1.29 is 23.7 Å². The molecule has 1 aromatic carbocycles. The molecule has 0 N–H and O–H groups in total. The van der Waals surface area contributed by atoms with Gasteiger partial charge < -0.3 is 23.5 Å².